The first kappa shape index (κ1) is 15.5. The summed E-state index contributed by atoms with van der Waals surface area (Å²) in [6, 6.07) is 1.95. The third-order valence-corrected chi connectivity index (χ3v) is 6.07. The number of thiophene rings is 1. The molecule has 1 saturated heterocycles. The highest BCUT2D eigenvalue weighted by Gasteiger charge is 2.25. The van der Waals surface area contributed by atoms with Gasteiger partial charge in [-0.15, -0.1) is 11.3 Å². The maximum atomic E-state index is 12.1. The van der Waals surface area contributed by atoms with Gasteiger partial charge in [0.15, 0.2) is 0 Å². The number of thioether (sulfide) groups is 1. The first-order chi connectivity index (χ1) is 9.30. The lowest BCUT2D eigenvalue weighted by atomic mass is 10.1. The van der Waals surface area contributed by atoms with E-state index in [1.165, 1.54) is 11.3 Å². The van der Waals surface area contributed by atoms with E-state index in [9.17, 15) is 4.79 Å². The van der Waals surface area contributed by atoms with Crippen molar-refractivity contribution in [3.05, 3.63) is 10.9 Å². The Morgan fingerprint density at radius 2 is 2.10 bits per heavy atom. The molecule has 0 radical (unpaired) electrons. The van der Waals surface area contributed by atoms with E-state index in [1.54, 1.807) is 19.0 Å². The SMILES string of the molecule is CN(C)C(=O)c1sc(N2CCSC(C)(C)CC2)cc1N. The molecule has 0 aliphatic carbocycles. The highest BCUT2D eigenvalue weighted by atomic mass is 32.2. The summed E-state index contributed by atoms with van der Waals surface area (Å²) < 4.78 is 0.333. The zero-order valence-corrected chi connectivity index (χ0v) is 14.2. The van der Waals surface area contributed by atoms with Crippen molar-refractivity contribution in [2.75, 3.05) is 43.6 Å². The van der Waals surface area contributed by atoms with E-state index >= 15 is 0 Å². The molecule has 2 heterocycles. The Morgan fingerprint density at radius 3 is 2.75 bits per heavy atom. The zero-order valence-electron chi connectivity index (χ0n) is 12.6. The van der Waals surface area contributed by atoms with Crippen molar-refractivity contribution in [3.8, 4) is 0 Å². The minimum atomic E-state index is -0.0109. The van der Waals surface area contributed by atoms with Crippen molar-refractivity contribution >= 4 is 39.7 Å². The molecule has 0 spiro atoms. The Balaban J connectivity index is 2.18. The van der Waals surface area contributed by atoms with Crippen molar-refractivity contribution in [1.29, 1.82) is 0 Å². The van der Waals surface area contributed by atoms with Crippen molar-refractivity contribution in [2.24, 2.45) is 0 Å². The average Bonchev–Trinajstić information content (AvgIpc) is 2.64. The summed E-state index contributed by atoms with van der Waals surface area (Å²) in [5.41, 5.74) is 6.61. The summed E-state index contributed by atoms with van der Waals surface area (Å²) in [4.78, 5) is 16.7. The number of nitrogens with two attached hydrogens (primary N) is 1. The van der Waals surface area contributed by atoms with Gasteiger partial charge in [-0.3, -0.25) is 4.79 Å². The topological polar surface area (TPSA) is 49.6 Å². The van der Waals surface area contributed by atoms with Gasteiger partial charge in [-0.1, -0.05) is 13.8 Å². The molecule has 1 aromatic rings. The Labute approximate surface area is 129 Å². The highest BCUT2D eigenvalue weighted by Crippen LogP contribution is 2.37. The Morgan fingerprint density at radius 1 is 1.40 bits per heavy atom. The van der Waals surface area contributed by atoms with Gasteiger partial charge >= 0.3 is 0 Å². The highest BCUT2D eigenvalue weighted by molar-refractivity contribution is 8.00. The van der Waals surface area contributed by atoms with Gasteiger partial charge in [0, 0.05) is 37.7 Å². The van der Waals surface area contributed by atoms with Crippen LogP contribution in [0.4, 0.5) is 10.7 Å². The molecule has 1 amide bonds. The zero-order chi connectivity index (χ0) is 14.9. The van der Waals surface area contributed by atoms with Crippen LogP contribution >= 0.6 is 23.1 Å². The van der Waals surface area contributed by atoms with Crippen LogP contribution in [0.1, 0.15) is 29.9 Å². The fraction of sp³-hybridized carbons (Fsp3) is 0.643. The second kappa shape index (κ2) is 5.85. The van der Waals surface area contributed by atoms with Crippen molar-refractivity contribution in [2.45, 2.75) is 25.0 Å². The van der Waals surface area contributed by atoms with Crippen molar-refractivity contribution in [3.63, 3.8) is 0 Å². The number of carbonyl (C=O) groups is 1. The fourth-order valence-corrected chi connectivity index (χ4v) is 4.41. The molecule has 0 atom stereocenters. The summed E-state index contributed by atoms with van der Waals surface area (Å²) in [5.74, 6) is 1.10. The molecule has 112 valence electrons. The van der Waals surface area contributed by atoms with E-state index < -0.39 is 0 Å². The normalized spacial score (nSPS) is 18.7. The van der Waals surface area contributed by atoms with Gasteiger partial charge in [-0.2, -0.15) is 11.8 Å². The fourth-order valence-electron chi connectivity index (χ4n) is 2.16. The number of rotatable bonds is 2. The number of amides is 1. The Hall–Kier alpha value is -0.880. The molecule has 0 saturated carbocycles. The van der Waals surface area contributed by atoms with E-state index in [-0.39, 0.29) is 5.91 Å². The molecular weight excluding hydrogens is 290 g/mol. The molecule has 6 heteroatoms. The molecular formula is C14H23N3OS2. The van der Waals surface area contributed by atoms with Gasteiger partial charge in [0.25, 0.3) is 5.91 Å². The van der Waals surface area contributed by atoms with Crippen LogP contribution in [0, 0.1) is 0 Å². The van der Waals surface area contributed by atoms with Gasteiger partial charge < -0.3 is 15.5 Å². The number of carbonyl (C=O) groups excluding carboxylic acids is 1. The number of nitrogen functional groups attached to an aromatic ring is 1. The molecule has 1 fully saturated rings. The maximum Gasteiger partial charge on any atom is 0.265 e. The van der Waals surface area contributed by atoms with Crippen LogP contribution in [0.15, 0.2) is 6.07 Å². The van der Waals surface area contributed by atoms with Gasteiger partial charge in [-0.25, -0.2) is 0 Å². The van der Waals surface area contributed by atoms with Crippen LogP contribution in [-0.2, 0) is 0 Å². The summed E-state index contributed by atoms with van der Waals surface area (Å²) in [5, 5.41) is 1.12. The first-order valence-corrected chi connectivity index (χ1v) is 8.60. The van der Waals surface area contributed by atoms with Gasteiger partial charge in [0.05, 0.1) is 10.7 Å². The van der Waals surface area contributed by atoms with Gasteiger partial charge in [-0.05, 0) is 12.5 Å². The minimum Gasteiger partial charge on any atom is -0.397 e. The Bertz CT molecular complexity index is 497. The Kier molecular flexibility index (Phi) is 4.54. The van der Waals surface area contributed by atoms with E-state index in [1.807, 2.05) is 17.8 Å². The summed E-state index contributed by atoms with van der Waals surface area (Å²) in [7, 11) is 3.51. The molecule has 1 aliphatic rings. The first-order valence-electron chi connectivity index (χ1n) is 6.80. The van der Waals surface area contributed by atoms with Crippen molar-refractivity contribution < 1.29 is 4.79 Å². The molecule has 0 unspecified atom stereocenters. The van der Waals surface area contributed by atoms with Gasteiger partial charge in [0.2, 0.25) is 0 Å². The summed E-state index contributed by atoms with van der Waals surface area (Å²) in [6.07, 6.45) is 1.15. The third-order valence-electron chi connectivity index (χ3n) is 3.50. The molecule has 1 aromatic heterocycles. The van der Waals surface area contributed by atoms with Crippen LogP contribution in [0.2, 0.25) is 0 Å². The van der Waals surface area contributed by atoms with E-state index in [0.29, 0.717) is 15.3 Å². The number of hydrogen-bond donors (Lipinski definition) is 1. The lowest BCUT2D eigenvalue weighted by molar-refractivity contribution is 0.0833. The molecule has 1 aliphatic heterocycles. The largest absolute Gasteiger partial charge is 0.397 e. The predicted octanol–water partition coefficient (Wildman–Crippen LogP) is 2.75. The van der Waals surface area contributed by atoms with Crippen LogP contribution in [0.5, 0.6) is 0 Å². The maximum absolute atomic E-state index is 12.1. The lowest BCUT2D eigenvalue weighted by Crippen LogP contribution is -2.26. The summed E-state index contributed by atoms with van der Waals surface area (Å²) >= 11 is 3.53. The molecule has 0 aromatic carbocycles. The molecule has 2 N–H and O–H groups in total. The molecule has 0 bridgehead atoms. The number of hydrogen-bond acceptors (Lipinski definition) is 5. The molecule has 4 nitrogen and oxygen atoms in total. The van der Waals surface area contributed by atoms with E-state index in [2.05, 4.69) is 18.7 Å². The lowest BCUT2D eigenvalue weighted by Gasteiger charge is -2.22. The third kappa shape index (κ3) is 3.41. The number of anilines is 2. The molecule has 2 rings (SSSR count). The quantitative estimate of drug-likeness (QED) is 0.912. The van der Waals surface area contributed by atoms with Gasteiger partial charge in [0.1, 0.15) is 4.88 Å². The minimum absolute atomic E-state index is 0.0109. The smallest absolute Gasteiger partial charge is 0.265 e. The average molecular weight is 313 g/mol. The van der Waals surface area contributed by atoms with Crippen LogP contribution in [0.25, 0.3) is 0 Å². The standard InChI is InChI=1S/C14H23N3OS2/c1-14(2)5-6-17(7-8-19-14)11-9-10(15)12(20-11)13(18)16(3)4/h9H,5-8,15H2,1-4H3. The van der Waals surface area contributed by atoms with Crippen LogP contribution in [-0.4, -0.2) is 48.5 Å². The predicted molar refractivity (Wildman–Crippen MR) is 90.1 cm³/mol. The number of nitrogens with zero attached hydrogens (tertiary/aromatic N) is 2. The van der Waals surface area contributed by atoms with Crippen LogP contribution < -0.4 is 10.6 Å². The van der Waals surface area contributed by atoms with Crippen LogP contribution in [0.3, 0.4) is 0 Å². The molecule has 20 heavy (non-hydrogen) atoms. The summed E-state index contributed by atoms with van der Waals surface area (Å²) in [6.45, 7) is 6.63. The van der Waals surface area contributed by atoms with E-state index in [4.69, 9.17) is 5.73 Å². The van der Waals surface area contributed by atoms with Crippen molar-refractivity contribution in [1.82, 2.24) is 4.90 Å². The second-order valence-corrected chi connectivity index (χ2v) is 8.75. The monoisotopic (exact) mass is 313 g/mol. The van der Waals surface area contributed by atoms with E-state index in [0.717, 1.165) is 30.3 Å². The second-order valence-electron chi connectivity index (χ2n) is 5.91.